The molecular formula is C69H145N7O2. The Kier molecular flexibility index (Phi) is 53.0. The minimum atomic E-state index is 0.159. The minimum Gasteiger partial charge on any atom is -0.377 e. The van der Waals surface area contributed by atoms with E-state index in [1.165, 1.54) is 78.2 Å². The largest absolute Gasteiger partial charge is 0.377 e. The number of ether oxygens (including phenoxy) is 1. The number of carbonyl (C=O) groups is 1. The van der Waals surface area contributed by atoms with E-state index >= 15 is 0 Å². The summed E-state index contributed by atoms with van der Waals surface area (Å²) in [5, 5.41) is 0. The number of aromatic nitrogens is 1. The van der Waals surface area contributed by atoms with Crippen LogP contribution in [0, 0.1) is 59.2 Å². The summed E-state index contributed by atoms with van der Waals surface area (Å²) in [4.78, 5) is 31.6. The molecule has 1 aromatic rings. The molecule has 468 valence electrons. The molecule has 0 aliphatic heterocycles. The lowest BCUT2D eigenvalue weighted by Gasteiger charge is -2.33. The quantitative estimate of drug-likeness (QED) is 0.0659. The highest BCUT2D eigenvalue weighted by atomic mass is 16.5. The van der Waals surface area contributed by atoms with Crippen LogP contribution >= 0.6 is 0 Å². The highest BCUT2D eigenvalue weighted by Gasteiger charge is 2.21. The summed E-state index contributed by atoms with van der Waals surface area (Å²) in [6.07, 6.45) is 6.52. The number of amides is 1. The molecule has 0 radical (unpaired) electrons. The van der Waals surface area contributed by atoms with E-state index in [2.05, 4.69) is 237 Å². The molecule has 0 aliphatic rings. The van der Waals surface area contributed by atoms with Crippen LogP contribution in [0.3, 0.4) is 0 Å². The van der Waals surface area contributed by atoms with Gasteiger partial charge in [-0.1, -0.05) is 145 Å². The second kappa shape index (κ2) is 49.9. The Morgan fingerprint density at radius 1 is 0.397 bits per heavy atom. The summed E-state index contributed by atoms with van der Waals surface area (Å²) in [5.74, 6) is 7.95. The van der Waals surface area contributed by atoms with Gasteiger partial charge in [0.05, 0.1) is 19.1 Å². The van der Waals surface area contributed by atoms with Crippen LogP contribution in [-0.2, 0) is 16.0 Å². The number of hydrogen-bond donors (Lipinski definition) is 0. The van der Waals surface area contributed by atoms with Gasteiger partial charge in [0.25, 0.3) is 0 Å². The van der Waals surface area contributed by atoms with Gasteiger partial charge in [-0.3, -0.25) is 19.6 Å². The summed E-state index contributed by atoms with van der Waals surface area (Å²) in [5.41, 5.74) is 0.839. The molecule has 0 atom stereocenters. The van der Waals surface area contributed by atoms with E-state index < -0.39 is 0 Å². The monoisotopic (exact) mass is 1100 g/mol. The van der Waals surface area contributed by atoms with Crippen molar-refractivity contribution in [3.05, 3.63) is 30.1 Å². The Labute approximate surface area is 492 Å². The molecule has 0 saturated heterocycles. The van der Waals surface area contributed by atoms with E-state index in [4.69, 9.17) is 4.74 Å². The normalized spacial score (nSPS) is 12.2. The van der Waals surface area contributed by atoms with Crippen molar-refractivity contribution in [3.8, 4) is 0 Å². The topological polar surface area (TPSA) is 58.6 Å². The Bertz CT molecular complexity index is 1360. The molecule has 1 amide bonds. The summed E-state index contributed by atoms with van der Waals surface area (Å²) in [7, 11) is 0. The highest BCUT2D eigenvalue weighted by molar-refractivity contribution is 5.78. The third kappa shape index (κ3) is 56.3. The van der Waals surface area contributed by atoms with Crippen LogP contribution in [-0.4, -0.2) is 162 Å². The van der Waals surface area contributed by atoms with Gasteiger partial charge >= 0.3 is 0 Å². The van der Waals surface area contributed by atoms with Crippen LogP contribution in [0.2, 0.25) is 0 Å². The zero-order valence-electron chi connectivity index (χ0n) is 58.6. The third-order valence-corrected chi connectivity index (χ3v) is 12.8. The second-order valence-corrected chi connectivity index (χ2v) is 28.7. The van der Waals surface area contributed by atoms with E-state index in [0.29, 0.717) is 36.6 Å². The molecule has 0 spiro atoms. The fourth-order valence-corrected chi connectivity index (χ4v) is 9.37. The molecule has 0 saturated carbocycles. The Balaban J connectivity index is -0.000000449. The maximum atomic E-state index is 12.6. The van der Waals surface area contributed by atoms with Gasteiger partial charge in [0.15, 0.2) is 0 Å². The highest BCUT2D eigenvalue weighted by Crippen LogP contribution is 2.13. The van der Waals surface area contributed by atoms with Crippen molar-refractivity contribution in [1.29, 1.82) is 0 Å². The molecule has 1 aromatic heterocycles. The number of hydrogen-bond acceptors (Lipinski definition) is 8. The van der Waals surface area contributed by atoms with Crippen molar-refractivity contribution in [2.45, 2.75) is 264 Å². The van der Waals surface area contributed by atoms with Gasteiger partial charge in [-0.25, -0.2) is 0 Å². The zero-order chi connectivity index (χ0) is 61.2. The van der Waals surface area contributed by atoms with Crippen molar-refractivity contribution in [2.75, 3.05) is 91.7 Å². The van der Waals surface area contributed by atoms with Gasteiger partial charge in [0.1, 0.15) is 0 Å². The van der Waals surface area contributed by atoms with Crippen LogP contribution in [0.5, 0.6) is 0 Å². The maximum Gasteiger partial charge on any atom is 0.228 e. The van der Waals surface area contributed by atoms with E-state index in [1.807, 2.05) is 23.1 Å². The number of pyridine rings is 1. The van der Waals surface area contributed by atoms with E-state index in [9.17, 15) is 4.79 Å². The predicted octanol–water partition coefficient (Wildman–Crippen LogP) is 16.7. The van der Waals surface area contributed by atoms with Crippen LogP contribution in [0.25, 0.3) is 0 Å². The fraction of sp³-hybridized carbons (Fsp3) is 0.913. The molecule has 1 rings (SSSR count). The van der Waals surface area contributed by atoms with Gasteiger partial charge in [-0.15, -0.1) is 0 Å². The van der Waals surface area contributed by atoms with Crippen molar-refractivity contribution in [3.63, 3.8) is 0 Å². The first-order chi connectivity index (χ1) is 36.0. The standard InChI is InChI=1S/C19H33N3O.2C13H29N.C12H27NO.C12H27N/c1-15(2)14-21(16(3)4)11-12-22(17(5)6)19(23)13-18-9-7-8-10-20-18;1-11(2)7-8-14(9-12(3)4)10-13(5)6;1-11(2)8-7-9-14(13(5)6)10-12(3)4;1-10(2)9-13(11(3)4)7-8-14-12(5)6;1-10(2)7-13(8-11(3)4)9-12(5)6/h7-10,15-17H,11-14H2,1-6H3;2*11-13H,7-10H2,1-6H3;10-12H,7-9H2,1-6H3;10-12H,7-9H2,1-6H3. The lowest BCUT2D eigenvalue weighted by Crippen LogP contribution is -2.45. The smallest absolute Gasteiger partial charge is 0.228 e. The SMILES string of the molecule is CC(C)CCCN(CC(C)C)C(C)C.CC(C)CCN(CC(C)C)CC(C)C.CC(C)CN(CC(C)C)CC(C)C.CC(C)CN(CCN(C(=O)Cc1ccccn1)C(C)C)C(C)C.CC(C)CN(CCOC(C)C)C(C)C. The molecule has 78 heavy (non-hydrogen) atoms. The summed E-state index contributed by atoms with van der Waals surface area (Å²) in [6.45, 7) is 83.6. The maximum absolute atomic E-state index is 12.6. The molecular weight excluding hydrogens is 959 g/mol. The lowest BCUT2D eigenvalue weighted by atomic mass is 10.1. The van der Waals surface area contributed by atoms with Gasteiger partial charge in [0, 0.05) is 108 Å². The van der Waals surface area contributed by atoms with Crippen LogP contribution < -0.4 is 0 Å². The van der Waals surface area contributed by atoms with Crippen molar-refractivity contribution in [2.24, 2.45) is 59.2 Å². The summed E-state index contributed by atoms with van der Waals surface area (Å²) >= 11 is 0. The van der Waals surface area contributed by atoms with Crippen molar-refractivity contribution < 1.29 is 9.53 Å². The van der Waals surface area contributed by atoms with Gasteiger partial charge in [0.2, 0.25) is 5.91 Å². The number of carbonyl (C=O) groups excluding carboxylic acids is 1. The summed E-state index contributed by atoms with van der Waals surface area (Å²) < 4.78 is 5.56. The van der Waals surface area contributed by atoms with Crippen LogP contribution in [0.15, 0.2) is 24.4 Å². The first-order valence-electron chi connectivity index (χ1n) is 32.5. The lowest BCUT2D eigenvalue weighted by molar-refractivity contribution is -0.132. The van der Waals surface area contributed by atoms with Crippen LogP contribution in [0.1, 0.15) is 233 Å². The average Bonchev–Trinajstić information content (AvgIpc) is 3.26. The number of rotatable bonds is 36. The van der Waals surface area contributed by atoms with Gasteiger partial charge < -0.3 is 24.3 Å². The zero-order valence-corrected chi connectivity index (χ0v) is 58.6. The Hall–Kier alpha value is -1.62. The second-order valence-electron chi connectivity index (χ2n) is 28.7. The first kappa shape index (κ1) is 82.8. The van der Waals surface area contributed by atoms with Crippen molar-refractivity contribution in [1.82, 2.24) is 34.4 Å². The average molecular weight is 1100 g/mol. The number of nitrogens with zero attached hydrogens (tertiary/aromatic N) is 7. The molecule has 0 N–H and O–H groups in total. The molecule has 9 nitrogen and oxygen atoms in total. The molecule has 0 bridgehead atoms. The van der Waals surface area contributed by atoms with E-state index in [-0.39, 0.29) is 11.9 Å². The van der Waals surface area contributed by atoms with E-state index in [1.54, 1.807) is 6.20 Å². The molecule has 1 heterocycles. The van der Waals surface area contributed by atoms with Gasteiger partial charge in [-0.2, -0.15) is 0 Å². The third-order valence-electron chi connectivity index (χ3n) is 12.8. The molecule has 0 unspecified atom stereocenters. The molecule has 0 aliphatic carbocycles. The predicted molar refractivity (Wildman–Crippen MR) is 351 cm³/mol. The fourth-order valence-electron chi connectivity index (χ4n) is 9.37. The first-order valence-corrected chi connectivity index (χ1v) is 32.5. The molecule has 9 heteroatoms. The Morgan fingerprint density at radius 3 is 1.09 bits per heavy atom. The minimum absolute atomic E-state index is 0.159. The summed E-state index contributed by atoms with van der Waals surface area (Å²) in [6, 6.07) is 7.74. The van der Waals surface area contributed by atoms with Crippen molar-refractivity contribution >= 4 is 5.91 Å². The molecule has 0 aromatic carbocycles. The van der Waals surface area contributed by atoms with E-state index in [0.717, 1.165) is 91.7 Å². The Morgan fingerprint density at radius 2 is 0.769 bits per heavy atom. The van der Waals surface area contributed by atoms with Gasteiger partial charge in [-0.05, 0) is 173 Å². The molecule has 0 fully saturated rings. The van der Waals surface area contributed by atoms with Crippen LogP contribution in [0.4, 0.5) is 0 Å².